The van der Waals surface area contributed by atoms with Gasteiger partial charge in [0, 0.05) is 16.4 Å². The van der Waals surface area contributed by atoms with E-state index in [2.05, 4.69) is 33.4 Å². The molecule has 0 saturated heterocycles. The van der Waals surface area contributed by atoms with Gasteiger partial charge in [-0.2, -0.15) is 0 Å². The van der Waals surface area contributed by atoms with Gasteiger partial charge in [-0.25, -0.2) is 4.39 Å². The van der Waals surface area contributed by atoms with E-state index < -0.39 is 0 Å². The number of hydrogen-bond donors (Lipinski definition) is 1. The molecular formula is C17H15BrFNO. The van der Waals surface area contributed by atoms with Gasteiger partial charge in [-0.05, 0) is 35.7 Å². The Kier molecular flexibility index (Phi) is 4.06. The Bertz CT molecular complexity index is 656. The van der Waals surface area contributed by atoms with Crippen molar-refractivity contribution in [2.75, 3.05) is 0 Å². The van der Waals surface area contributed by atoms with Gasteiger partial charge in [-0.3, -0.25) is 4.79 Å². The van der Waals surface area contributed by atoms with E-state index in [0.717, 1.165) is 10.9 Å². The van der Waals surface area contributed by atoms with Crippen molar-refractivity contribution in [1.82, 2.24) is 5.32 Å². The topological polar surface area (TPSA) is 29.1 Å². The summed E-state index contributed by atoms with van der Waals surface area (Å²) in [6, 6.07) is 14.7. The van der Waals surface area contributed by atoms with Crippen LogP contribution in [0, 0.1) is 5.82 Å². The molecule has 0 unspecified atom stereocenters. The van der Waals surface area contributed by atoms with E-state index in [0.29, 0.717) is 11.5 Å². The molecule has 21 heavy (non-hydrogen) atoms. The zero-order valence-electron chi connectivity index (χ0n) is 11.4. The molecule has 1 N–H and O–H groups in total. The third-order valence-corrected chi connectivity index (χ3v) is 4.27. The molecule has 3 rings (SSSR count). The fourth-order valence-electron chi connectivity index (χ4n) is 2.51. The van der Waals surface area contributed by atoms with Crippen LogP contribution in [0.2, 0.25) is 0 Å². The van der Waals surface area contributed by atoms with E-state index in [4.69, 9.17) is 0 Å². The van der Waals surface area contributed by atoms with Crippen molar-refractivity contribution < 1.29 is 9.18 Å². The lowest BCUT2D eigenvalue weighted by atomic mass is 10.1. The van der Waals surface area contributed by atoms with Crippen LogP contribution in [-0.4, -0.2) is 11.9 Å². The molecule has 0 aromatic heterocycles. The van der Waals surface area contributed by atoms with E-state index in [9.17, 15) is 9.18 Å². The summed E-state index contributed by atoms with van der Waals surface area (Å²) in [6.45, 7) is 0. The van der Waals surface area contributed by atoms with Gasteiger partial charge in [0.15, 0.2) is 0 Å². The van der Waals surface area contributed by atoms with Gasteiger partial charge >= 0.3 is 0 Å². The molecule has 0 aliphatic heterocycles. The maximum atomic E-state index is 13.5. The van der Waals surface area contributed by atoms with Crippen LogP contribution < -0.4 is 5.32 Å². The third kappa shape index (κ3) is 3.50. The smallest absolute Gasteiger partial charge is 0.224 e. The molecule has 1 fully saturated rings. The fourth-order valence-corrected chi connectivity index (χ4v) is 2.77. The monoisotopic (exact) mass is 347 g/mol. The van der Waals surface area contributed by atoms with Gasteiger partial charge in [-0.1, -0.05) is 46.3 Å². The second-order valence-electron chi connectivity index (χ2n) is 5.34. The highest BCUT2D eigenvalue weighted by atomic mass is 79.9. The Morgan fingerprint density at radius 3 is 2.62 bits per heavy atom. The molecule has 0 spiro atoms. The minimum absolute atomic E-state index is 0.0935. The minimum atomic E-state index is -0.326. The predicted octanol–water partition coefficient (Wildman–Crippen LogP) is 3.80. The normalized spacial score (nSPS) is 20.1. The van der Waals surface area contributed by atoms with E-state index in [1.807, 2.05) is 12.1 Å². The third-order valence-electron chi connectivity index (χ3n) is 3.74. The van der Waals surface area contributed by atoms with Crippen molar-refractivity contribution in [2.45, 2.75) is 24.8 Å². The molecular weight excluding hydrogens is 333 g/mol. The van der Waals surface area contributed by atoms with E-state index in [-0.39, 0.29) is 24.2 Å². The Morgan fingerprint density at radius 1 is 1.19 bits per heavy atom. The van der Waals surface area contributed by atoms with Crippen molar-refractivity contribution in [1.29, 1.82) is 0 Å². The summed E-state index contributed by atoms with van der Waals surface area (Å²) in [5, 5.41) is 2.98. The predicted molar refractivity (Wildman–Crippen MR) is 83.5 cm³/mol. The first kappa shape index (κ1) is 14.3. The first-order valence-electron chi connectivity index (χ1n) is 6.92. The lowest BCUT2D eigenvalue weighted by Gasteiger charge is -2.06. The van der Waals surface area contributed by atoms with Gasteiger partial charge in [0.25, 0.3) is 0 Å². The quantitative estimate of drug-likeness (QED) is 0.895. The number of halogens is 2. The zero-order valence-corrected chi connectivity index (χ0v) is 12.9. The average Bonchev–Trinajstić information content (AvgIpc) is 3.21. The SMILES string of the molecule is O=C(Cc1ccccc1F)N[C@@H]1C[C@H]1c1ccc(Br)cc1. The van der Waals surface area contributed by atoms with E-state index in [1.54, 1.807) is 18.2 Å². The standard InChI is InChI=1S/C17H15BrFNO/c18-13-7-5-11(6-8-13)14-10-16(14)20-17(21)9-12-3-1-2-4-15(12)19/h1-8,14,16H,9-10H2,(H,20,21)/t14-,16+/m0/s1. The second kappa shape index (κ2) is 5.98. The maximum absolute atomic E-state index is 13.5. The van der Waals surface area contributed by atoms with Crippen molar-refractivity contribution in [3.05, 3.63) is 69.9 Å². The minimum Gasteiger partial charge on any atom is -0.352 e. The molecule has 2 nitrogen and oxygen atoms in total. The van der Waals surface area contributed by atoms with Gasteiger partial charge in [-0.15, -0.1) is 0 Å². The number of benzene rings is 2. The van der Waals surface area contributed by atoms with Crippen LogP contribution in [0.4, 0.5) is 4.39 Å². The molecule has 0 radical (unpaired) electrons. The maximum Gasteiger partial charge on any atom is 0.224 e. The van der Waals surface area contributed by atoms with Crippen LogP contribution in [0.1, 0.15) is 23.5 Å². The summed E-state index contributed by atoms with van der Waals surface area (Å²) >= 11 is 3.41. The highest BCUT2D eigenvalue weighted by Gasteiger charge is 2.39. The summed E-state index contributed by atoms with van der Waals surface area (Å²) in [7, 11) is 0. The van der Waals surface area contributed by atoms with Gasteiger partial charge in [0.1, 0.15) is 5.82 Å². The lowest BCUT2D eigenvalue weighted by Crippen LogP contribution is -2.28. The largest absolute Gasteiger partial charge is 0.352 e. The first-order valence-corrected chi connectivity index (χ1v) is 7.71. The summed E-state index contributed by atoms with van der Waals surface area (Å²) in [5.74, 6) is -0.0692. The van der Waals surface area contributed by atoms with E-state index in [1.165, 1.54) is 11.6 Å². The van der Waals surface area contributed by atoms with Gasteiger partial charge < -0.3 is 5.32 Å². The Hall–Kier alpha value is -1.68. The first-order chi connectivity index (χ1) is 10.1. The van der Waals surface area contributed by atoms with Crippen LogP contribution >= 0.6 is 15.9 Å². The highest BCUT2D eigenvalue weighted by molar-refractivity contribution is 9.10. The number of nitrogens with one attached hydrogen (secondary N) is 1. The van der Waals surface area contributed by atoms with Crippen LogP contribution in [0.15, 0.2) is 53.0 Å². The van der Waals surface area contributed by atoms with Crippen LogP contribution in [0.25, 0.3) is 0 Å². The average molecular weight is 348 g/mol. The molecule has 1 saturated carbocycles. The number of carbonyl (C=O) groups is 1. The molecule has 108 valence electrons. The molecule has 0 bridgehead atoms. The molecule has 2 atom stereocenters. The molecule has 1 aliphatic rings. The Morgan fingerprint density at radius 2 is 1.90 bits per heavy atom. The van der Waals surface area contributed by atoms with Crippen molar-refractivity contribution >= 4 is 21.8 Å². The van der Waals surface area contributed by atoms with Crippen molar-refractivity contribution in [3.8, 4) is 0 Å². The summed E-state index contributed by atoms with van der Waals surface area (Å²) in [4.78, 5) is 12.0. The zero-order chi connectivity index (χ0) is 14.8. The van der Waals surface area contributed by atoms with E-state index >= 15 is 0 Å². The summed E-state index contributed by atoms with van der Waals surface area (Å²) < 4.78 is 14.5. The second-order valence-corrected chi connectivity index (χ2v) is 6.25. The molecule has 0 heterocycles. The fraction of sp³-hybridized carbons (Fsp3) is 0.235. The number of carbonyl (C=O) groups excluding carboxylic acids is 1. The van der Waals surface area contributed by atoms with Gasteiger partial charge in [0.05, 0.1) is 6.42 Å². The number of hydrogen-bond acceptors (Lipinski definition) is 1. The Balaban J connectivity index is 1.55. The molecule has 1 amide bonds. The van der Waals surface area contributed by atoms with Gasteiger partial charge in [0.2, 0.25) is 5.91 Å². The lowest BCUT2D eigenvalue weighted by molar-refractivity contribution is -0.120. The summed E-state index contributed by atoms with van der Waals surface area (Å²) in [6.07, 6.45) is 1.04. The molecule has 2 aromatic rings. The van der Waals surface area contributed by atoms with Crippen LogP contribution in [-0.2, 0) is 11.2 Å². The molecule has 2 aromatic carbocycles. The Labute approximate surface area is 131 Å². The van der Waals surface area contributed by atoms with Crippen molar-refractivity contribution in [3.63, 3.8) is 0 Å². The number of rotatable bonds is 4. The molecule has 1 aliphatic carbocycles. The number of amides is 1. The van der Waals surface area contributed by atoms with Crippen LogP contribution in [0.5, 0.6) is 0 Å². The van der Waals surface area contributed by atoms with Crippen LogP contribution in [0.3, 0.4) is 0 Å². The highest BCUT2D eigenvalue weighted by Crippen LogP contribution is 2.41. The summed E-state index contributed by atoms with van der Waals surface area (Å²) in [5.41, 5.74) is 1.67. The molecule has 4 heteroatoms. The van der Waals surface area contributed by atoms with Crippen molar-refractivity contribution in [2.24, 2.45) is 0 Å².